The average molecular weight is 270 g/mol. The molecule has 2 heterocycles. The van der Waals surface area contributed by atoms with Crippen LogP contribution in [0.3, 0.4) is 0 Å². The molecule has 0 unspecified atom stereocenters. The molecule has 2 aromatic heterocycles. The van der Waals surface area contributed by atoms with Crippen LogP contribution in [0.25, 0.3) is 11.2 Å². The Kier molecular flexibility index (Phi) is 3.18. The zero-order valence-corrected chi connectivity index (χ0v) is 10.9. The van der Waals surface area contributed by atoms with Crippen LogP contribution in [-0.2, 0) is 11.3 Å². The molecule has 0 atom stereocenters. The van der Waals surface area contributed by atoms with Crippen LogP contribution >= 0.6 is 0 Å². The predicted molar refractivity (Wildman–Crippen MR) is 76.5 cm³/mol. The van der Waals surface area contributed by atoms with E-state index in [0.717, 1.165) is 16.8 Å². The minimum Gasteiger partial charge on any atom is -0.380 e. The van der Waals surface area contributed by atoms with Crippen LogP contribution in [0.5, 0.6) is 0 Å². The largest absolute Gasteiger partial charge is 0.380 e. The summed E-state index contributed by atoms with van der Waals surface area (Å²) in [6.07, 6.45) is 1.56. The number of H-pyrrole nitrogens is 1. The molecule has 7 nitrogen and oxygen atoms in total. The first-order valence-electron chi connectivity index (χ1n) is 6.08. The number of imidazole rings is 1. The van der Waals surface area contributed by atoms with Crippen LogP contribution in [0.4, 0.5) is 17.5 Å². The number of hydrogen-bond donors (Lipinski definition) is 3. The highest BCUT2D eigenvalue weighted by atomic mass is 16.5. The van der Waals surface area contributed by atoms with Crippen molar-refractivity contribution in [1.29, 1.82) is 0 Å². The molecule has 1 aromatic carbocycles. The lowest BCUT2D eigenvalue weighted by molar-refractivity contribution is 0.185. The number of nitrogens with two attached hydrogens (primary N) is 1. The fourth-order valence-electron chi connectivity index (χ4n) is 1.98. The molecule has 7 heteroatoms. The van der Waals surface area contributed by atoms with Gasteiger partial charge in [-0.25, -0.2) is 4.98 Å². The second kappa shape index (κ2) is 5.14. The number of benzene rings is 1. The van der Waals surface area contributed by atoms with Crippen LogP contribution in [0.1, 0.15) is 5.56 Å². The third-order valence-corrected chi connectivity index (χ3v) is 2.80. The number of rotatable bonds is 4. The van der Waals surface area contributed by atoms with Gasteiger partial charge in [-0.15, -0.1) is 0 Å². The summed E-state index contributed by atoms with van der Waals surface area (Å²) >= 11 is 0. The lowest BCUT2D eigenvalue weighted by atomic mass is 10.2. The van der Waals surface area contributed by atoms with E-state index >= 15 is 0 Å². The zero-order valence-electron chi connectivity index (χ0n) is 10.9. The van der Waals surface area contributed by atoms with Gasteiger partial charge in [0.15, 0.2) is 11.5 Å². The molecule has 0 aliphatic rings. The minimum absolute atomic E-state index is 0.181. The molecule has 0 saturated heterocycles. The van der Waals surface area contributed by atoms with Gasteiger partial charge in [-0.2, -0.15) is 9.97 Å². The maximum atomic E-state index is 5.68. The summed E-state index contributed by atoms with van der Waals surface area (Å²) in [5, 5.41) is 3.21. The summed E-state index contributed by atoms with van der Waals surface area (Å²) in [6.45, 7) is 0.556. The van der Waals surface area contributed by atoms with Gasteiger partial charge in [-0.05, 0) is 17.7 Å². The molecule has 102 valence electrons. The molecular formula is C13H14N6O. The molecule has 0 aliphatic heterocycles. The van der Waals surface area contributed by atoms with Gasteiger partial charge in [0.25, 0.3) is 0 Å². The van der Waals surface area contributed by atoms with Crippen molar-refractivity contribution in [3.63, 3.8) is 0 Å². The van der Waals surface area contributed by atoms with E-state index in [1.54, 1.807) is 13.4 Å². The summed E-state index contributed by atoms with van der Waals surface area (Å²) in [5.74, 6) is 0.778. The lowest BCUT2D eigenvalue weighted by Gasteiger charge is -2.08. The van der Waals surface area contributed by atoms with Gasteiger partial charge in [0.05, 0.1) is 12.9 Å². The summed E-state index contributed by atoms with van der Waals surface area (Å²) in [5.41, 5.74) is 8.90. The highest BCUT2D eigenvalue weighted by Crippen LogP contribution is 2.22. The summed E-state index contributed by atoms with van der Waals surface area (Å²) < 4.78 is 5.12. The SMILES string of the molecule is COCc1cccc(Nc2nc(N)nc3nc[nH]c23)c1. The number of hydrogen-bond acceptors (Lipinski definition) is 6. The van der Waals surface area contributed by atoms with Crippen LogP contribution < -0.4 is 11.1 Å². The van der Waals surface area contributed by atoms with Crippen molar-refractivity contribution in [3.8, 4) is 0 Å². The van der Waals surface area contributed by atoms with E-state index in [9.17, 15) is 0 Å². The Morgan fingerprint density at radius 2 is 2.25 bits per heavy atom. The molecule has 0 bridgehead atoms. The van der Waals surface area contributed by atoms with Gasteiger partial charge < -0.3 is 20.8 Å². The number of aromatic nitrogens is 4. The van der Waals surface area contributed by atoms with Gasteiger partial charge >= 0.3 is 0 Å². The molecule has 20 heavy (non-hydrogen) atoms. The third kappa shape index (κ3) is 2.39. The molecule has 3 rings (SSSR count). The van der Waals surface area contributed by atoms with E-state index < -0.39 is 0 Å². The first-order chi connectivity index (χ1) is 9.76. The average Bonchev–Trinajstić information content (AvgIpc) is 2.87. The van der Waals surface area contributed by atoms with Gasteiger partial charge in [-0.3, -0.25) is 0 Å². The smallest absolute Gasteiger partial charge is 0.224 e. The molecule has 0 radical (unpaired) electrons. The minimum atomic E-state index is 0.181. The zero-order chi connectivity index (χ0) is 13.9. The molecule has 0 amide bonds. The number of nitrogens with zero attached hydrogens (tertiary/aromatic N) is 3. The van der Waals surface area contributed by atoms with Crippen LogP contribution in [0.2, 0.25) is 0 Å². The highest BCUT2D eigenvalue weighted by Gasteiger charge is 2.08. The Balaban J connectivity index is 1.96. The Morgan fingerprint density at radius 1 is 1.35 bits per heavy atom. The number of anilines is 3. The van der Waals surface area contributed by atoms with Crippen LogP contribution in [-0.4, -0.2) is 27.0 Å². The number of methoxy groups -OCH3 is 1. The van der Waals surface area contributed by atoms with Crippen molar-refractivity contribution >= 4 is 28.6 Å². The second-order valence-electron chi connectivity index (χ2n) is 4.29. The number of nitrogen functional groups attached to an aromatic ring is 1. The maximum Gasteiger partial charge on any atom is 0.224 e. The standard InChI is InChI=1S/C13H14N6O/c1-20-6-8-3-2-4-9(5-8)17-12-10-11(16-7-15-10)18-13(14)19-12/h2-5,7H,6H2,1H3,(H4,14,15,16,17,18,19). The molecule has 4 N–H and O–H groups in total. The fourth-order valence-corrected chi connectivity index (χ4v) is 1.98. The van der Waals surface area contributed by atoms with Crippen molar-refractivity contribution in [1.82, 2.24) is 19.9 Å². The van der Waals surface area contributed by atoms with Gasteiger partial charge in [-0.1, -0.05) is 12.1 Å². The fraction of sp³-hybridized carbons (Fsp3) is 0.154. The predicted octanol–water partition coefficient (Wildman–Crippen LogP) is 1.83. The molecule has 0 fully saturated rings. The first-order valence-corrected chi connectivity index (χ1v) is 6.08. The number of aromatic amines is 1. The van der Waals surface area contributed by atoms with Crippen LogP contribution in [0.15, 0.2) is 30.6 Å². The highest BCUT2D eigenvalue weighted by molar-refractivity contribution is 5.85. The summed E-state index contributed by atoms with van der Waals surface area (Å²) in [7, 11) is 1.67. The third-order valence-electron chi connectivity index (χ3n) is 2.80. The van der Waals surface area contributed by atoms with Crippen molar-refractivity contribution in [2.45, 2.75) is 6.61 Å². The van der Waals surface area contributed by atoms with E-state index in [1.165, 1.54) is 0 Å². The Bertz CT molecular complexity index is 739. The van der Waals surface area contributed by atoms with Crippen molar-refractivity contribution in [3.05, 3.63) is 36.2 Å². The molecule has 0 spiro atoms. The van der Waals surface area contributed by atoms with Crippen molar-refractivity contribution in [2.75, 3.05) is 18.2 Å². The Hall–Kier alpha value is -2.67. The second-order valence-corrected chi connectivity index (χ2v) is 4.29. The molecule has 0 saturated carbocycles. The number of nitrogens with one attached hydrogen (secondary N) is 2. The number of fused-ring (bicyclic) bond motifs is 1. The summed E-state index contributed by atoms with van der Waals surface area (Å²) in [6, 6.07) is 7.88. The Labute approximate surface area is 115 Å². The van der Waals surface area contributed by atoms with Crippen molar-refractivity contribution < 1.29 is 4.74 Å². The molecule has 0 aliphatic carbocycles. The van der Waals surface area contributed by atoms with Gasteiger partial charge in [0, 0.05) is 12.8 Å². The monoisotopic (exact) mass is 270 g/mol. The van der Waals surface area contributed by atoms with Crippen molar-refractivity contribution in [2.24, 2.45) is 0 Å². The van der Waals surface area contributed by atoms with E-state index in [4.69, 9.17) is 10.5 Å². The van der Waals surface area contributed by atoms with E-state index in [2.05, 4.69) is 25.3 Å². The topological polar surface area (TPSA) is 102 Å². The lowest BCUT2D eigenvalue weighted by Crippen LogP contribution is -2.01. The normalized spacial score (nSPS) is 10.8. The Morgan fingerprint density at radius 3 is 3.10 bits per heavy atom. The quantitative estimate of drug-likeness (QED) is 0.668. The molecule has 3 aromatic rings. The van der Waals surface area contributed by atoms with Gasteiger partial charge in [0.2, 0.25) is 5.95 Å². The van der Waals surface area contributed by atoms with E-state index in [1.807, 2.05) is 24.3 Å². The van der Waals surface area contributed by atoms with Crippen LogP contribution in [0, 0.1) is 0 Å². The summed E-state index contributed by atoms with van der Waals surface area (Å²) in [4.78, 5) is 15.3. The first kappa shape index (κ1) is 12.4. The maximum absolute atomic E-state index is 5.68. The van der Waals surface area contributed by atoms with E-state index in [0.29, 0.717) is 18.1 Å². The molecular weight excluding hydrogens is 256 g/mol. The number of ether oxygens (including phenoxy) is 1. The van der Waals surface area contributed by atoms with E-state index in [-0.39, 0.29) is 5.95 Å². The van der Waals surface area contributed by atoms with Gasteiger partial charge in [0.1, 0.15) is 5.52 Å².